The summed E-state index contributed by atoms with van der Waals surface area (Å²) in [6.07, 6.45) is 5.12. The van der Waals surface area contributed by atoms with E-state index in [-0.39, 0.29) is 0 Å². The van der Waals surface area contributed by atoms with Gasteiger partial charge in [-0.2, -0.15) is 5.26 Å². The van der Waals surface area contributed by atoms with Crippen molar-refractivity contribution < 1.29 is 4.74 Å². The van der Waals surface area contributed by atoms with Gasteiger partial charge in [-0.05, 0) is 67.3 Å². The Morgan fingerprint density at radius 3 is 2.39 bits per heavy atom. The van der Waals surface area contributed by atoms with Crippen LogP contribution in [0.3, 0.4) is 0 Å². The van der Waals surface area contributed by atoms with E-state index >= 15 is 0 Å². The van der Waals surface area contributed by atoms with Gasteiger partial charge in [0.15, 0.2) is 0 Å². The highest BCUT2D eigenvalue weighted by molar-refractivity contribution is 5.94. The molecule has 2 heterocycles. The third-order valence-electron chi connectivity index (χ3n) is 6.01. The summed E-state index contributed by atoms with van der Waals surface area (Å²) in [6, 6.07) is 16.0. The zero-order chi connectivity index (χ0) is 21.8. The predicted molar refractivity (Wildman–Crippen MR) is 127 cm³/mol. The fourth-order valence-electron chi connectivity index (χ4n) is 4.14. The number of hydrogen-bond donors (Lipinski definition) is 0. The van der Waals surface area contributed by atoms with Crippen LogP contribution in [0.2, 0.25) is 0 Å². The quantitative estimate of drug-likeness (QED) is 0.556. The second-order valence-electron chi connectivity index (χ2n) is 8.52. The van der Waals surface area contributed by atoms with Crippen molar-refractivity contribution >= 4 is 22.4 Å². The summed E-state index contributed by atoms with van der Waals surface area (Å²) < 4.78 is 6.00. The van der Waals surface area contributed by atoms with Crippen molar-refractivity contribution in [2.45, 2.75) is 39.2 Å². The fraction of sp³-hybridized carbons (Fsp3) is 0.385. The highest BCUT2D eigenvalue weighted by Crippen LogP contribution is 2.33. The monoisotopic (exact) mass is 414 g/mol. The molecule has 5 heteroatoms. The number of nitriles is 1. The van der Waals surface area contributed by atoms with Gasteiger partial charge in [0.05, 0.1) is 17.1 Å². The summed E-state index contributed by atoms with van der Waals surface area (Å²) in [5.41, 5.74) is 5.27. The minimum absolute atomic E-state index is 0.473. The highest BCUT2D eigenvalue weighted by Gasteiger charge is 2.17. The van der Waals surface area contributed by atoms with E-state index in [0.717, 1.165) is 35.7 Å². The molecule has 160 valence electrons. The van der Waals surface area contributed by atoms with E-state index in [9.17, 15) is 0 Å². The third kappa shape index (κ3) is 4.74. The minimum atomic E-state index is 0.473. The summed E-state index contributed by atoms with van der Waals surface area (Å²) in [6.45, 7) is 4.83. The number of hydrogen-bond acceptors (Lipinski definition) is 5. The van der Waals surface area contributed by atoms with Gasteiger partial charge >= 0.3 is 0 Å². The zero-order valence-corrected chi connectivity index (χ0v) is 18.7. The topological polar surface area (TPSA) is 52.4 Å². The first-order valence-electron chi connectivity index (χ1n) is 11.0. The summed E-state index contributed by atoms with van der Waals surface area (Å²) in [5, 5.41) is 10.2. The molecule has 0 aliphatic carbocycles. The molecule has 0 unspecified atom stereocenters. The lowest BCUT2D eigenvalue weighted by Gasteiger charge is -2.26. The second-order valence-corrected chi connectivity index (χ2v) is 8.52. The summed E-state index contributed by atoms with van der Waals surface area (Å²) in [4.78, 5) is 9.56. The van der Waals surface area contributed by atoms with Crippen molar-refractivity contribution in [3.05, 3.63) is 59.2 Å². The lowest BCUT2D eigenvalue weighted by Crippen LogP contribution is -2.25. The maximum absolute atomic E-state index is 8.96. The molecule has 1 aromatic heterocycles. The smallest absolute Gasteiger partial charge is 0.130 e. The number of nitrogens with zero attached hydrogens (tertiary/aromatic N) is 4. The Bertz CT molecular complexity index is 1090. The van der Waals surface area contributed by atoms with Crippen LogP contribution in [0.4, 0.5) is 11.5 Å². The van der Waals surface area contributed by atoms with Gasteiger partial charge in [0.2, 0.25) is 0 Å². The van der Waals surface area contributed by atoms with Crippen molar-refractivity contribution in [2.75, 3.05) is 37.0 Å². The van der Waals surface area contributed by atoms with Crippen LogP contribution in [-0.4, -0.2) is 32.2 Å². The molecule has 3 aromatic rings. The number of pyridine rings is 1. The molecule has 1 aliphatic rings. The van der Waals surface area contributed by atoms with Gasteiger partial charge in [-0.15, -0.1) is 0 Å². The lowest BCUT2D eigenvalue weighted by atomic mass is 10.0. The minimum Gasteiger partial charge on any atom is -0.489 e. The zero-order valence-electron chi connectivity index (χ0n) is 18.7. The maximum atomic E-state index is 8.96. The Morgan fingerprint density at radius 1 is 1.03 bits per heavy atom. The molecule has 2 aromatic carbocycles. The summed E-state index contributed by atoms with van der Waals surface area (Å²) in [5.74, 6) is 1.74. The summed E-state index contributed by atoms with van der Waals surface area (Å²) >= 11 is 0. The third-order valence-corrected chi connectivity index (χ3v) is 6.01. The predicted octanol–water partition coefficient (Wildman–Crippen LogP) is 5.44. The van der Waals surface area contributed by atoms with E-state index in [1.54, 1.807) is 12.1 Å². The first kappa shape index (κ1) is 21.0. The lowest BCUT2D eigenvalue weighted by molar-refractivity contribution is 0.305. The molecule has 1 fully saturated rings. The molecular weight excluding hydrogens is 384 g/mol. The first-order chi connectivity index (χ1) is 15.0. The average molecular weight is 415 g/mol. The van der Waals surface area contributed by atoms with Crippen molar-refractivity contribution in [3.8, 4) is 11.8 Å². The van der Waals surface area contributed by atoms with E-state index in [2.05, 4.69) is 41.0 Å². The number of fused-ring (bicyclic) bond motifs is 1. The molecule has 1 aliphatic heterocycles. The molecule has 0 amide bonds. The number of ether oxygens (including phenoxy) is 1. The van der Waals surface area contributed by atoms with E-state index in [0.29, 0.717) is 12.2 Å². The molecule has 0 N–H and O–H groups in total. The normalized spacial score (nSPS) is 14.2. The fourth-order valence-corrected chi connectivity index (χ4v) is 4.14. The SMILES string of the molecule is Cc1cc2c(N3CCCCCC3)cc(N(C)C)nc2cc1COc1ccc(C#N)cc1. The van der Waals surface area contributed by atoms with Crippen molar-refractivity contribution in [1.82, 2.24) is 4.98 Å². The molecule has 4 rings (SSSR count). The molecule has 1 saturated heterocycles. The van der Waals surface area contributed by atoms with Crippen LogP contribution in [-0.2, 0) is 6.61 Å². The number of anilines is 2. The number of rotatable bonds is 5. The molecule has 0 atom stereocenters. The van der Waals surface area contributed by atoms with E-state index in [1.807, 2.05) is 26.2 Å². The van der Waals surface area contributed by atoms with Gasteiger partial charge in [0.25, 0.3) is 0 Å². The van der Waals surface area contributed by atoms with E-state index in [4.69, 9.17) is 15.0 Å². The summed E-state index contributed by atoms with van der Waals surface area (Å²) in [7, 11) is 4.09. The van der Waals surface area contributed by atoms with E-state index in [1.165, 1.54) is 42.3 Å². The Morgan fingerprint density at radius 2 is 1.74 bits per heavy atom. The molecular formula is C26H30N4O. The van der Waals surface area contributed by atoms with Crippen LogP contribution < -0.4 is 14.5 Å². The maximum Gasteiger partial charge on any atom is 0.130 e. The van der Waals surface area contributed by atoms with Crippen molar-refractivity contribution in [1.29, 1.82) is 5.26 Å². The van der Waals surface area contributed by atoms with Crippen LogP contribution >= 0.6 is 0 Å². The van der Waals surface area contributed by atoms with Gasteiger partial charge in [-0.1, -0.05) is 12.8 Å². The Labute approximate surface area is 184 Å². The molecule has 0 bridgehead atoms. The number of aryl methyl sites for hydroxylation is 1. The highest BCUT2D eigenvalue weighted by atomic mass is 16.5. The first-order valence-corrected chi connectivity index (χ1v) is 11.0. The van der Waals surface area contributed by atoms with Gasteiger partial charge in [0.1, 0.15) is 18.2 Å². The molecule has 5 nitrogen and oxygen atoms in total. The largest absolute Gasteiger partial charge is 0.489 e. The van der Waals surface area contributed by atoms with Crippen LogP contribution in [0.15, 0.2) is 42.5 Å². The van der Waals surface area contributed by atoms with Gasteiger partial charge in [-0.25, -0.2) is 4.98 Å². The van der Waals surface area contributed by atoms with Crippen LogP contribution in [0.5, 0.6) is 5.75 Å². The van der Waals surface area contributed by atoms with Crippen LogP contribution in [0.1, 0.15) is 42.4 Å². The second kappa shape index (κ2) is 9.26. The Balaban J connectivity index is 1.68. The van der Waals surface area contributed by atoms with Gasteiger partial charge in [-0.3, -0.25) is 0 Å². The molecule has 0 saturated carbocycles. The molecule has 0 spiro atoms. The van der Waals surface area contributed by atoms with Gasteiger partial charge in [0, 0.05) is 44.3 Å². The Kier molecular flexibility index (Phi) is 6.27. The molecule has 31 heavy (non-hydrogen) atoms. The average Bonchev–Trinajstić information content (AvgIpc) is 3.07. The standard InChI is InChI=1S/C26H30N4O/c1-19-14-23-24(15-21(19)18-31-22-10-8-20(17-27)9-11-22)28-26(29(2)3)16-25(23)30-12-6-4-5-7-13-30/h8-11,14-16H,4-7,12-13,18H2,1-3H3. The van der Waals surface area contributed by atoms with E-state index < -0.39 is 0 Å². The number of benzene rings is 2. The molecule has 0 radical (unpaired) electrons. The van der Waals surface area contributed by atoms with Crippen molar-refractivity contribution in [2.24, 2.45) is 0 Å². The van der Waals surface area contributed by atoms with Crippen molar-refractivity contribution in [3.63, 3.8) is 0 Å². The van der Waals surface area contributed by atoms with Crippen LogP contribution in [0, 0.1) is 18.3 Å². The number of aromatic nitrogens is 1. The van der Waals surface area contributed by atoms with Gasteiger partial charge < -0.3 is 14.5 Å². The Hall–Kier alpha value is -3.26. The van der Waals surface area contributed by atoms with Crippen LogP contribution in [0.25, 0.3) is 10.9 Å².